The molecule has 0 saturated heterocycles. The molecular weight excluding hydrogens is 120 g/mol. The van der Waals surface area contributed by atoms with E-state index in [1.54, 1.807) is 5.38 Å². The van der Waals surface area contributed by atoms with Gasteiger partial charge in [0.1, 0.15) is 5.69 Å². The van der Waals surface area contributed by atoms with Crippen molar-refractivity contribution >= 4 is 16.5 Å². The number of hydrogen-bond donors (Lipinski definition) is 1. The first-order valence-corrected chi connectivity index (χ1v) is 2.88. The molecule has 2 nitrogen and oxygen atoms in total. The fraction of sp³-hybridized carbons (Fsp3) is 0. The highest BCUT2D eigenvalue weighted by atomic mass is 32.1. The monoisotopic (exact) mass is 124 g/mol. The number of nitrogen functional groups attached to an aromatic ring is 1. The Labute approximate surface area is 51.4 Å². The van der Waals surface area contributed by atoms with E-state index >= 15 is 0 Å². The molecule has 0 saturated carbocycles. The molecule has 0 atom stereocenters. The van der Waals surface area contributed by atoms with E-state index in [9.17, 15) is 0 Å². The molecule has 0 unspecified atom stereocenters. The Balaban J connectivity index is 3.05. The number of nitrogens with zero attached hydrogens (tertiary/aromatic N) is 1. The first-order valence-electron chi connectivity index (χ1n) is 2.00. The lowest BCUT2D eigenvalue weighted by molar-refractivity contribution is 1.38. The number of anilines is 1. The van der Waals surface area contributed by atoms with Crippen LogP contribution in [0.3, 0.4) is 0 Å². The summed E-state index contributed by atoms with van der Waals surface area (Å²) in [5.74, 6) is 2.37. The van der Waals surface area contributed by atoms with E-state index in [1.165, 1.54) is 11.3 Å². The second-order valence-corrected chi connectivity index (χ2v) is 2.11. The minimum atomic E-state index is 0.526. The molecule has 0 aromatic carbocycles. The molecule has 0 fully saturated rings. The van der Waals surface area contributed by atoms with Crippen molar-refractivity contribution in [2.24, 2.45) is 0 Å². The fourth-order valence-electron chi connectivity index (χ4n) is 0.354. The molecule has 8 heavy (non-hydrogen) atoms. The van der Waals surface area contributed by atoms with E-state index in [4.69, 9.17) is 12.2 Å². The van der Waals surface area contributed by atoms with Crippen molar-refractivity contribution in [1.82, 2.24) is 4.98 Å². The zero-order chi connectivity index (χ0) is 5.98. The summed E-state index contributed by atoms with van der Waals surface area (Å²) < 4.78 is 0. The smallest absolute Gasteiger partial charge is 0.181 e. The topological polar surface area (TPSA) is 38.9 Å². The summed E-state index contributed by atoms with van der Waals surface area (Å²) in [6, 6.07) is 0. The molecule has 0 aliphatic heterocycles. The van der Waals surface area contributed by atoms with Crippen LogP contribution in [-0.4, -0.2) is 4.98 Å². The number of terminal acetylenes is 1. The lowest BCUT2D eigenvalue weighted by Gasteiger charge is -1.72. The van der Waals surface area contributed by atoms with Gasteiger partial charge in [-0.25, -0.2) is 4.98 Å². The van der Waals surface area contributed by atoms with E-state index in [0.717, 1.165) is 0 Å². The molecule has 0 bridgehead atoms. The van der Waals surface area contributed by atoms with Crippen LogP contribution in [0.2, 0.25) is 0 Å². The van der Waals surface area contributed by atoms with Crippen LogP contribution in [0.25, 0.3) is 0 Å². The highest BCUT2D eigenvalue weighted by molar-refractivity contribution is 7.13. The molecule has 0 spiro atoms. The van der Waals surface area contributed by atoms with Gasteiger partial charge < -0.3 is 5.73 Å². The van der Waals surface area contributed by atoms with Gasteiger partial charge in [0.15, 0.2) is 5.13 Å². The van der Waals surface area contributed by atoms with E-state index in [0.29, 0.717) is 10.8 Å². The SMILES string of the molecule is C#Cc1csc(N)n1. The van der Waals surface area contributed by atoms with Crippen LogP contribution in [0, 0.1) is 12.3 Å². The number of nitrogens with two attached hydrogens (primary N) is 1. The third-order valence-electron chi connectivity index (χ3n) is 0.670. The zero-order valence-corrected chi connectivity index (χ0v) is 4.90. The molecule has 0 aliphatic rings. The van der Waals surface area contributed by atoms with E-state index in [-0.39, 0.29) is 0 Å². The predicted octanol–water partition coefficient (Wildman–Crippen LogP) is 0.707. The van der Waals surface area contributed by atoms with Crippen molar-refractivity contribution in [3.63, 3.8) is 0 Å². The zero-order valence-electron chi connectivity index (χ0n) is 4.09. The molecule has 40 valence electrons. The molecule has 0 aliphatic carbocycles. The minimum absolute atomic E-state index is 0.526. The van der Waals surface area contributed by atoms with Gasteiger partial charge in [0.2, 0.25) is 0 Å². The maximum atomic E-state index is 5.27. The van der Waals surface area contributed by atoms with Crippen LogP contribution in [0.1, 0.15) is 5.69 Å². The summed E-state index contributed by atoms with van der Waals surface area (Å²) >= 11 is 1.35. The molecular formula is C5H4N2S. The molecule has 2 N–H and O–H groups in total. The number of thiazole rings is 1. The Kier molecular flexibility index (Phi) is 1.18. The summed E-state index contributed by atoms with van der Waals surface area (Å²) in [5, 5.41) is 2.27. The average molecular weight is 124 g/mol. The molecule has 1 rings (SSSR count). The van der Waals surface area contributed by atoms with E-state index in [1.807, 2.05) is 0 Å². The Morgan fingerprint density at radius 2 is 2.62 bits per heavy atom. The van der Waals surface area contributed by atoms with Gasteiger partial charge in [0.05, 0.1) is 0 Å². The average Bonchev–Trinajstić information content (AvgIpc) is 2.14. The van der Waals surface area contributed by atoms with Gasteiger partial charge in [0, 0.05) is 5.38 Å². The van der Waals surface area contributed by atoms with Crippen molar-refractivity contribution in [3.05, 3.63) is 11.1 Å². The van der Waals surface area contributed by atoms with Crippen molar-refractivity contribution < 1.29 is 0 Å². The summed E-state index contributed by atoms with van der Waals surface area (Å²) in [4.78, 5) is 3.79. The van der Waals surface area contributed by atoms with Gasteiger partial charge in [-0.05, 0) is 5.92 Å². The van der Waals surface area contributed by atoms with E-state index in [2.05, 4.69) is 10.9 Å². The summed E-state index contributed by atoms with van der Waals surface area (Å²) in [7, 11) is 0. The van der Waals surface area contributed by atoms with Crippen LogP contribution < -0.4 is 5.73 Å². The highest BCUT2D eigenvalue weighted by Gasteiger charge is 1.90. The summed E-state index contributed by atoms with van der Waals surface area (Å²) in [6.07, 6.45) is 5.00. The van der Waals surface area contributed by atoms with Gasteiger partial charge in [-0.15, -0.1) is 17.8 Å². The van der Waals surface area contributed by atoms with Crippen LogP contribution in [-0.2, 0) is 0 Å². The van der Waals surface area contributed by atoms with Gasteiger partial charge in [-0.2, -0.15) is 0 Å². The highest BCUT2D eigenvalue weighted by Crippen LogP contribution is 2.08. The molecule has 1 heterocycles. The lowest BCUT2D eigenvalue weighted by Crippen LogP contribution is -1.80. The largest absolute Gasteiger partial charge is 0.375 e. The maximum Gasteiger partial charge on any atom is 0.181 e. The molecule has 1 aromatic rings. The van der Waals surface area contributed by atoms with Crippen molar-refractivity contribution in [2.45, 2.75) is 0 Å². The molecule has 0 radical (unpaired) electrons. The second kappa shape index (κ2) is 1.85. The number of rotatable bonds is 0. The summed E-state index contributed by atoms with van der Waals surface area (Å²) in [6.45, 7) is 0. The Morgan fingerprint density at radius 1 is 1.88 bits per heavy atom. The molecule has 0 amide bonds. The maximum absolute atomic E-state index is 5.27. The standard InChI is InChI=1S/C5H4N2S/c1-2-4-3-8-5(6)7-4/h1,3H,(H2,6,7). The second-order valence-electron chi connectivity index (χ2n) is 1.22. The van der Waals surface area contributed by atoms with Crippen molar-refractivity contribution in [2.75, 3.05) is 5.73 Å². The van der Waals surface area contributed by atoms with E-state index < -0.39 is 0 Å². The molecule has 1 aromatic heterocycles. The fourth-order valence-corrected chi connectivity index (χ4v) is 0.858. The van der Waals surface area contributed by atoms with Crippen LogP contribution in [0.4, 0.5) is 5.13 Å². The van der Waals surface area contributed by atoms with Gasteiger partial charge in [0.25, 0.3) is 0 Å². The van der Waals surface area contributed by atoms with Crippen LogP contribution in [0.15, 0.2) is 5.38 Å². The lowest BCUT2D eigenvalue weighted by atomic mass is 10.5. The first kappa shape index (κ1) is 5.13. The Hall–Kier alpha value is -1.01. The number of hydrogen-bond acceptors (Lipinski definition) is 3. The number of aromatic nitrogens is 1. The summed E-state index contributed by atoms with van der Waals surface area (Å²) in [5.41, 5.74) is 5.88. The minimum Gasteiger partial charge on any atom is -0.375 e. The Morgan fingerprint density at radius 3 is 2.88 bits per heavy atom. The van der Waals surface area contributed by atoms with Crippen molar-refractivity contribution in [1.29, 1.82) is 0 Å². The van der Waals surface area contributed by atoms with Crippen LogP contribution in [0.5, 0.6) is 0 Å². The van der Waals surface area contributed by atoms with Crippen LogP contribution >= 0.6 is 11.3 Å². The third kappa shape index (κ3) is 0.796. The van der Waals surface area contributed by atoms with Gasteiger partial charge in [-0.1, -0.05) is 0 Å². The van der Waals surface area contributed by atoms with Crippen molar-refractivity contribution in [3.8, 4) is 12.3 Å². The predicted molar refractivity (Wildman–Crippen MR) is 34.5 cm³/mol. The quantitative estimate of drug-likeness (QED) is 0.517. The van der Waals surface area contributed by atoms with Gasteiger partial charge >= 0.3 is 0 Å². The molecule has 3 heteroatoms. The first-order chi connectivity index (χ1) is 3.83. The normalized spacial score (nSPS) is 8.38. The van der Waals surface area contributed by atoms with Gasteiger partial charge in [-0.3, -0.25) is 0 Å². The Bertz CT molecular complexity index is 221. The third-order valence-corrected chi connectivity index (χ3v) is 1.34.